The lowest BCUT2D eigenvalue weighted by atomic mass is 9.83. The van der Waals surface area contributed by atoms with E-state index in [1.165, 1.54) is 13.2 Å². The van der Waals surface area contributed by atoms with Gasteiger partial charge in [0, 0.05) is 6.42 Å². The first-order valence-electron chi connectivity index (χ1n) is 6.70. The Morgan fingerprint density at radius 3 is 2.48 bits per heavy atom. The summed E-state index contributed by atoms with van der Waals surface area (Å²) in [5.41, 5.74) is -0.942. The Morgan fingerprint density at radius 1 is 1.38 bits per heavy atom. The van der Waals surface area contributed by atoms with Crippen LogP contribution in [0.3, 0.4) is 0 Å². The van der Waals surface area contributed by atoms with E-state index < -0.39 is 42.0 Å². The second-order valence-corrected chi connectivity index (χ2v) is 5.66. The molecule has 5 nitrogen and oxygen atoms in total. The number of hydrogen-bond acceptors (Lipinski definition) is 4. The number of carbonyl (C=O) groups is 2. The molecule has 0 heterocycles. The summed E-state index contributed by atoms with van der Waals surface area (Å²) in [6.07, 6.45) is 0.0455. The minimum absolute atomic E-state index is 0.0175. The van der Waals surface area contributed by atoms with E-state index in [1.807, 2.05) is 0 Å². The fourth-order valence-corrected chi connectivity index (χ4v) is 2.15. The van der Waals surface area contributed by atoms with Gasteiger partial charge in [-0.1, -0.05) is 6.58 Å². The molecule has 1 unspecified atom stereocenters. The van der Waals surface area contributed by atoms with Crippen LogP contribution in [-0.4, -0.2) is 36.7 Å². The molecule has 0 aromatic rings. The summed E-state index contributed by atoms with van der Waals surface area (Å²) >= 11 is 0. The van der Waals surface area contributed by atoms with E-state index in [1.54, 1.807) is 13.8 Å². The second kappa shape index (κ2) is 6.41. The first-order valence-corrected chi connectivity index (χ1v) is 6.70. The standard InChI is InChI=1S/C14H21F2NO4/c1-5-13(2,3)21-12(19)17-10-7-6-9(11(18)20-4)8-14(10,15)16/h5,9-10H,1,6-8H2,2-4H3,(H,17,19)/t9-,10?/m1/s1. The van der Waals surface area contributed by atoms with Crippen molar-refractivity contribution in [3.8, 4) is 0 Å². The first kappa shape index (κ1) is 17.4. The first-order chi connectivity index (χ1) is 9.61. The van der Waals surface area contributed by atoms with Gasteiger partial charge < -0.3 is 14.8 Å². The van der Waals surface area contributed by atoms with Crippen molar-refractivity contribution < 1.29 is 27.8 Å². The zero-order valence-corrected chi connectivity index (χ0v) is 12.4. The van der Waals surface area contributed by atoms with Gasteiger partial charge in [0.05, 0.1) is 19.1 Å². The van der Waals surface area contributed by atoms with Gasteiger partial charge in [-0.25, -0.2) is 13.6 Å². The van der Waals surface area contributed by atoms with Gasteiger partial charge in [-0.05, 0) is 32.8 Å². The number of alkyl carbamates (subject to hydrolysis) is 1. The number of methoxy groups -OCH3 is 1. The van der Waals surface area contributed by atoms with Gasteiger partial charge >= 0.3 is 12.1 Å². The van der Waals surface area contributed by atoms with Gasteiger partial charge in [-0.15, -0.1) is 0 Å². The Bertz CT molecular complexity index is 423. The molecular weight excluding hydrogens is 284 g/mol. The van der Waals surface area contributed by atoms with Gasteiger partial charge in [0.1, 0.15) is 5.60 Å². The van der Waals surface area contributed by atoms with E-state index in [9.17, 15) is 18.4 Å². The van der Waals surface area contributed by atoms with Crippen LogP contribution in [0.15, 0.2) is 12.7 Å². The minimum atomic E-state index is -3.19. The van der Waals surface area contributed by atoms with E-state index in [0.717, 1.165) is 0 Å². The predicted molar refractivity (Wildman–Crippen MR) is 72.0 cm³/mol. The summed E-state index contributed by atoms with van der Waals surface area (Å²) in [5.74, 6) is -4.68. The molecule has 1 amide bonds. The van der Waals surface area contributed by atoms with Crippen LogP contribution in [0.1, 0.15) is 33.1 Å². The molecule has 21 heavy (non-hydrogen) atoms. The third-order valence-electron chi connectivity index (χ3n) is 3.51. The summed E-state index contributed by atoms with van der Waals surface area (Å²) in [4.78, 5) is 23.0. The smallest absolute Gasteiger partial charge is 0.408 e. The highest BCUT2D eigenvalue weighted by atomic mass is 19.3. The predicted octanol–water partition coefficient (Wildman–Crippen LogP) is 2.65. The molecule has 0 aliphatic heterocycles. The maximum atomic E-state index is 14.0. The number of rotatable bonds is 4. The third kappa shape index (κ3) is 4.68. The number of esters is 1. The fourth-order valence-electron chi connectivity index (χ4n) is 2.15. The van der Waals surface area contributed by atoms with Crippen molar-refractivity contribution in [1.29, 1.82) is 0 Å². The molecule has 0 radical (unpaired) electrons. The van der Waals surface area contributed by atoms with Crippen LogP contribution in [0, 0.1) is 5.92 Å². The lowest BCUT2D eigenvalue weighted by Crippen LogP contribution is -2.53. The SMILES string of the molecule is C=CC(C)(C)OC(=O)NC1CC[C@@H](C(=O)OC)CC1(F)F. The lowest BCUT2D eigenvalue weighted by molar-refractivity contribution is -0.154. The number of hydrogen-bond donors (Lipinski definition) is 1. The second-order valence-electron chi connectivity index (χ2n) is 5.66. The molecule has 1 aliphatic rings. The molecular formula is C14H21F2NO4. The Kier molecular flexibility index (Phi) is 5.31. The van der Waals surface area contributed by atoms with E-state index >= 15 is 0 Å². The molecule has 2 atom stereocenters. The van der Waals surface area contributed by atoms with Crippen molar-refractivity contribution in [3.63, 3.8) is 0 Å². The Hall–Kier alpha value is -1.66. The van der Waals surface area contributed by atoms with Crippen LogP contribution in [0.25, 0.3) is 0 Å². The topological polar surface area (TPSA) is 64.6 Å². The van der Waals surface area contributed by atoms with Crippen molar-refractivity contribution >= 4 is 12.1 Å². The normalized spacial score (nSPS) is 24.8. The highest BCUT2D eigenvalue weighted by molar-refractivity contribution is 5.73. The van der Waals surface area contributed by atoms with Crippen molar-refractivity contribution in [2.45, 2.75) is 50.7 Å². The molecule has 0 spiro atoms. The largest absolute Gasteiger partial charge is 0.469 e. The molecule has 0 aromatic carbocycles. The lowest BCUT2D eigenvalue weighted by Gasteiger charge is -2.35. The van der Waals surface area contributed by atoms with Crippen LogP contribution in [0.5, 0.6) is 0 Å². The van der Waals surface area contributed by atoms with E-state index in [0.29, 0.717) is 0 Å². The number of halogens is 2. The van der Waals surface area contributed by atoms with Gasteiger partial charge in [0.15, 0.2) is 0 Å². The van der Waals surface area contributed by atoms with Crippen LogP contribution in [0.4, 0.5) is 13.6 Å². The van der Waals surface area contributed by atoms with Crippen molar-refractivity contribution in [3.05, 3.63) is 12.7 Å². The van der Waals surface area contributed by atoms with Gasteiger partial charge in [0.2, 0.25) is 0 Å². The van der Waals surface area contributed by atoms with Gasteiger partial charge in [-0.3, -0.25) is 4.79 Å². The molecule has 0 aromatic heterocycles. The molecule has 1 aliphatic carbocycles. The number of amides is 1. The molecule has 1 fully saturated rings. The summed E-state index contributed by atoms with van der Waals surface area (Å²) in [6, 6.07) is -1.36. The summed E-state index contributed by atoms with van der Waals surface area (Å²) in [7, 11) is 1.17. The van der Waals surface area contributed by atoms with Crippen LogP contribution >= 0.6 is 0 Å². The van der Waals surface area contributed by atoms with Gasteiger partial charge in [0.25, 0.3) is 5.92 Å². The maximum Gasteiger partial charge on any atom is 0.408 e. The molecule has 0 saturated heterocycles. The average Bonchev–Trinajstić information content (AvgIpc) is 2.39. The van der Waals surface area contributed by atoms with E-state index in [2.05, 4.69) is 16.6 Å². The minimum Gasteiger partial charge on any atom is -0.469 e. The zero-order valence-electron chi connectivity index (χ0n) is 12.4. The number of nitrogens with one attached hydrogen (secondary N) is 1. The molecule has 1 N–H and O–H groups in total. The molecule has 120 valence electrons. The summed E-state index contributed by atoms with van der Waals surface area (Å²) in [5, 5.41) is 2.17. The van der Waals surface area contributed by atoms with Crippen molar-refractivity contribution in [1.82, 2.24) is 5.32 Å². The highest BCUT2D eigenvalue weighted by Gasteiger charge is 2.48. The molecule has 0 bridgehead atoms. The zero-order chi connectivity index (χ0) is 16.3. The monoisotopic (exact) mass is 305 g/mol. The molecule has 1 rings (SSSR count). The van der Waals surface area contributed by atoms with E-state index in [4.69, 9.17) is 4.74 Å². The van der Waals surface area contributed by atoms with E-state index in [-0.39, 0.29) is 12.8 Å². The number of alkyl halides is 2. The highest BCUT2D eigenvalue weighted by Crippen LogP contribution is 2.37. The van der Waals surface area contributed by atoms with Gasteiger partial charge in [-0.2, -0.15) is 0 Å². The Balaban J connectivity index is 2.63. The van der Waals surface area contributed by atoms with Crippen molar-refractivity contribution in [2.75, 3.05) is 7.11 Å². The molecule has 1 saturated carbocycles. The Labute approximate surface area is 122 Å². The number of carbonyl (C=O) groups excluding carboxylic acids is 2. The van der Waals surface area contributed by atoms with Crippen molar-refractivity contribution in [2.24, 2.45) is 5.92 Å². The third-order valence-corrected chi connectivity index (χ3v) is 3.51. The van der Waals surface area contributed by atoms with Crippen LogP contribution < -0.4 is 5.32 Å². The van der Waals surface area contributed by atoms with Crippen LogP contribution in [-0.2, 0) is 14.3 Å². The number of ether oxygens (including phenoxy) is 2. The average molecular weight is 305 g/mol. The van der Waals surface area contributed by atoms with Crippen LogP contribution in [0.2, 0.25) is 0 Å². The Morgan fingerprint density at radius 2 is 2.00 bits per heavy atom. The summed E-state index contributed by atoms with van der Waals surface area (Å²) in [6.45, 7) is 6.67. The summed E-state index contributed by atoms with van der Waals surface area (Å²) < 4.78 is 37.5. The maximum absolute atomic E-state index is 14.0. The molecule has 7 heteroatoms. The fraction of sp³-hybridized carbons (Fsp3) is 0.714. The quantitative estimate of drug-likeness (QED) is 0.640.